The molecule has 243 valence electrons. The molecule has 0 fully saturated rings. The number of ether oxygens (including phenoxy) is 1. The van der Waals surface area contributed by atoms with Crippen molar-refractivity contribution in [3.05, 3.63) is 35.4 Å². The Labute approximate surface area is 276 Å². The third-order valence-corrected chi connectivity index (χ3v) is 2.82. The second kappa shape index (κ2) is 90.4. The van der Waals surface area contributed by atoms with Crippen LogP contribution in [0.1, 0.15) is 146 Å². The zero-order chi connectivity index (χ0) is 25.6. The minimum atomic E-state index is -4.11. The van der Waals surface area contributed by atoms with Gasteiger partial charge in [-0.05, 0) is 18.9 Å². The topological polar surface area (TPSA) is 104 Å². The van der Waals surface area contributed by atoms with Crippen LogP contribution in [-0.4, -0.2) is 44.8 Å². The average Bonchev–Trinajstić information content (AvgIpc) is 2.74. The van der Waals surface area contributed by atoms with E-state index in [0.29, 0.717) is 6.61 Å². The van der Waals surface area contributed by atoms with Gasteiger partial charge in [-0.1, -0.05) is 151 Å². The van der Waals surface area contributed by atoms with E-state index in [1.807, 2.05) is 100 Å². The van der Waals surface area contributed by atoms with Crippen molar-refractivity contribution in [3.8, 4) is 0 Å². The molecule has 0 amide bonds. The molecule has 1 rings (SSSR count). The van der Waals surface area contributed by atoms with Crippen LogP contribution in [-0.2, 0) is 26.3 Å². The first-order chi connectivity index (χ1) is 14.2. The summed E-state index contributed by atoms with van der Waals surface area (Å²) in [5.41, 5.74) is 2.20. The molecule has 0 saturated carbocycles. The van der Waals surface area contributed by atoms with Gasteiger partial charge in [-0.25, -0.2) is 8.42 Å². The molecule has 3 radical (unpaired) electrons. The first-order valence-corrected chi connectivity index (χ1v) is 12.5. The zero-order valence-corrected chi connectivity index (χ0v) is 25.9. The molecule has 0 aromatic heterocycles. The van der Waals surface area contributed by atoms with E-state index < -0.39 is 16.1 Å². The van der Waals surface area contributed by atoms with Gasteiger partial charge < -0.3 is 14.4 Å². The summed E-state index contributed by atoms with van der Waals surface area (Å²) in [5, 5.41) is 7.42. The molecule has 6 nitrogen and oxygen atoms in total. The molecule has 9 heteroatoms. The fourth-order valence-electron chi connectivity index (χ4n) is 1.33. The van der Waals surface area contributed by atoms with E-state index in [9.17, 15) is 13.0 Å². The summed E-state index contributed by atoms with van der Waals surface area (Å²) in [6.45, 7) is 23.8. The number of aliphatic carboxylic acids is 1. The standard InChI is InChI=1S/C11H16O4S.C2H4O2.5C2H6.7CH4.B.Na/c1-10-4-2-5-11(8-10)9-15-6-3-7-16(12,13)14;1-2(3)4;5*1-2;;;;;;;;;/h2,4-5,8H,3,6-7,9H2,1H3,(H,12,13,14);1H3,(H,3,4);5*1-2H3;7*1H4;;/q;;;;;;;;;;;;;;;+1/p-1. The Bertz CT molecular complexity index is 526. The summed E-state index contributed by atoms with van der Waals surface area (Å²) >= 11 is 0. The molecule has 1 aromatic carbocycles. The van der Waals surface area contributed by atoms with Crippen LogP contribution < -0.4 is 29.6 Å². The maximum Gasteiger partial charge on any atom is 1.00 e. The van der Waals surface area contributed by atoms with E-state index in [2.05, 4.69) is 0 Å². The summed E-state index contributed by atoms with van der Waals surface area (Å²) in [5.74, 6) is -1.19. The number of aryl methyl sites for hydroxylation is 1. The Hall–Kier alpha value is -0.375. The summed E-state index contributed by atoms with van der Waals surface area (Å²) in [6, 6.07) is 7.88. The number of carboxylic acids is 1. The second-order valence-corrected chi connectivity index (χ2v) is 5.70. The van der Waals surface area contributed by atoms with Gasteiger partial charge in [0.05, 0.1) is 16.7 Å². The van der Waals surface area contributed by atoms with Crippen LogP contribution in [0.15, 0.2) is 24.3 Å². The molecular weight excluding hydrogens is 522 g/mol. The first-order valence-electron chi connectivity index (χ1n) is 11.0. The molecule has 1 aromatic rings. The molecule has 39 heavy (non-hydrogen) atoms. The van der Waals surface area contributed by atoms with Crippen molar-refractivity contribution in [2.45, 2.75) is 148 Å². The van der Waals surface area contributed by atoms with Crippen molar-refractivity contribution in [2.75, 3.05) is 12.4 Å². The van der Waals surface area contributed by atoms with Gasteiger partial charge in [-0.15, -0.1) is 0 Å². The molecule has 0 aliphatic rings. The largest absolute Gasteiger partial charge is 1.00 e. The molecule has 0 bridgehead atoms. The van der Waals surface area contributed by atoms with Crippen LogP contribution in [0, 0.1) is 6.92 Å². The number of carbonyl (C=O) groups is 1. The Morgan fingerprint density at radius 2 is 1.13 bits per heavy atom. The van der Waals surface area contributed by atoms with E-state index in [0.717, 1.165) is 18.1 Å². The van der Waals surface area contributed by atoms with E-state index in [1.165, 1.54) is 0 Å². The fraction of sp³-hybridized carbons (Fsp3) is 0.767. The van der Waals surface area contributed by atoms with Crippen LogP contribution in [0.3, 0.4) is 0 Å². The van der Waals surface area contributed by atoms with Crippen LogP contribution >= 0.6 is 0 Å². The molecule has 0 saturated heterocycles. The molecule has 0 aliphatic carbocycles. The number of hydrogen-bond donors (Lipinski definition) is 1. The summed E-state index contributed by atoms with van der Waals surface area (Å²) in [7, 11) is -4.11. The Morgan fingerprint density at radius 1 is 0.821 bits per heavy atom. The van der Waals surface area contributed by atoms with Gasteiger partial charge in [0, 0.05) is 27.7 Å². The summed E-state index contributed by atoms with van der Waals surface area (Å²) in [4.78, 5) is 9.00. The maximum atomic E-state index is 10.3. The van der Waals surface area contributed by atoms with Crippen LogP contribution in [0.2, 0.25) is 0 Å². The predicted molar refractivity (Wildman–Crippen MR) is 183 cm³/mol. The molecule has 0 aliphatic heterocycles. The van der Waals surface area contributed by atoms with Gasteiger partial charge in [0.25, 0.3) is 5.97 Å². The normalized spacial score (nSPS) is 6.18. The minimum absolute atomic E-state index is 0. The van der Waals surface area contributed by atoms with E-state index in [4.69, 9.17) is 14.6 Å². The minimum Gasteiger partial charge on any atom is -0.748 e. The third-order valence-electron chi connectivity index (χ3n) is 2.03. The van der Waals surface area contributed by atoms with Crippen LogP contribution in [0.25, 0.3) is 0 Å². The van der Waals surface area contributed by atoms with Crippen molar-refractivity contribution >= 4 is 24.5 Å². The molecular formula is C30H77BNaO6S. The van der Waals surface area contributed by atoms with Crippen molar-refractivity contribution in [2.24, 2.45) is 0 Å². The van der Waals surface area contributed by atoms with Gasteiger partial charge in [0.15, 0.2) is 0 Å². The average molecular weight is 600 g/mol. The van der Waals surface area contributed by atoms with Gasteiger partial charge in [0.1, 0.15) is 0 Å². The van der Waals surface area contributed by atoms with E-state index >= 15 is 0 Å². The number of benzene rings is 1. The number of carboxylic acid groups (broad SMARTS) is 1. The van der Waals surface area contributed by atoms with Crippen molar-refractivity contribution in [3.63, 3.8) is 0 Å². The quantitative estimate of drug-likeness (QED) is 0.204. The molecule has 0 atom stereocenters. The van der Waals surface area contributed by atoms with E-state index in [-0.39, 0.29) is 109 Å². The zero-order valence-electron chi connectivity index (χ0n) is 23.1. The Morgan fingerprint density at radius 3 is 1.38 bits per heavy atom. The SMILES string of the molecule is C.C.C.C.C.C.C.CC.CC.CC.CC.CC.CC(=O)O.Cc1cccc(COCCCS(=O)(=O)[O-])c1.[B].[Na+]. The molecule has 0 spiro atoms. The Kier molecular flexibility index (Phi) is 227. The third kappa shape index (κ3) is 138. The summed E-state index contributed by atoms with van der Waals surface area (Å²) in [6.07, 6.45) is 0.248. The molecule has 0 unspecified atom stereocenters. The van der Waals surface area contributed by atoms with Crippen LogP contribution in [0.5, 0.6) is 0 Å². The monoisotopic (exact) mass is 600 g/mol. The van der Waals surface area contributed by atoms with Crippen molar-refractivity contribution < 1.29 is 57.2 Å². The smallest absolute Gasteiger partial charge is 0.748 e. The maximum absolute atomic E-state index is 10.3. The number of hydrogen-bond acceptors (Lipinski definition) is 5. The van der Waals surface area contributed by atoms with Gasteiger partial charge in [-0.3, -0.25) is 4.79 Å². The van der Waals surface area contributed by atoms with Crippen molar-refractivity contribution in [1.29, 1.82) is 0 Å². The number of rotatable bonds is 6. The van der Waals surface area contributed by atoms with Gasteiger partial charge >= 0.3 is 29.6 Å². The van der Waals surface area contributed by atoms with Gasteiger partial charge in [0.2, 0.25) is 0 Å². The first kappa shape index (κ1) is 98.0. The Balaban J connectivity index is -0.0000000169. The van der Waals surface area contributed by atoms with E-state index in [1.54, 1.807) is 0 Å². The van der Waals surface area contributed by atoms with Crippen molar-refractivity contribution in [1.82, 2.24) is 0 Å². The molecule has 1 N–H and O–H groups in total. The molecule has 0 heterocycles. The van der Waals surface area contributed by atoms with Crippen LogP contribution in [0.4, 0.5) is 0 Å². The fourth-order valence-corrected chi connectivity index (χ4v) is 1.80. The van der Waals surface area contributed by atoms with Gasteiger partial charge in [-0.2, -0.15) is 0 Å². The predicted octanol–water partition coefficient (Wildman–Crippen LogP) is 7.74. The summed E-state index contributed by atoms with van der Waals surface area (Å²) < 4.78 is 36.2. The second-order valence-electron chi connectivity index (χ2n) is 4.18.